The van der Waals surface area contributed by atoms with E-state index in [-0.39, 0.29) is 18.3 Å². The van der Waals surface area contributed by atoms with Crippen LogP contribution in [0.2, 0.25) is 0 Å². The van der Waals surface area contributed by atoms with Crippen LogP contribution in [0.3, 0.4) is 0 Å². The summed E-state index contributed by atoms with van der Waals surface area (Å²) in [6.45, 7) is 2.61. The molecule has 1 heterocycles. The van der Waals surface area contributed by atoms with Gasteiger partial charge < -0.3 is 15.4 Å². The summed E-state index contributed by atoms with van der Waals surface area (Å²) in [6, 6.07) is 17.5. The number of aryl methyl sites for hydroxylation is 1. The standard InChI is InChI=1S/C22H22FN3O2/c1-16-2-9-20(10-3-16)28-15-22(27)26-21-11-8-19(14-25-21)24-13-12-17-4-6-18(23)7-5-17/h2-11,14,24H,12-13,15H2,1H3,(H,25,26,27). The molecule has 0 aliphatic carbocycles. The number of carbonyl (C=O) groups excluding carboxylic acids is 1. The normalized spacial score (nSPS) is 10.4. The van der Waals surface area contributed by atoms with Crippen LogP contribution in [0.4, 0.5) is 15.9 Å². The van der Waals surface area contributed by atoms with Crippen molar-refractivity contribution in [3.05, 3.63) is 83.8 Å². The van der Waals surface area contributed by atoms with E-state index in [1.165, 1.54) is 12.1 Å². The van der Waals surface area contributed by atoms with Crippen LogP contribution in [-0.4, -0.2) is 24.0 Å². The lowest BCUT2D eigenvalue weighted by atomic mass is 10.1. The van der Waals surface area contributed by atoms with Gasteiger partial charge in [-0.25, -0.2) is 9.37 Å². The van der Waals surface area contributed by atoms with E-state index in [4.69, 9.17) is 4.74 Å². The number of hydrogen-bond acceptors (Lipinski definition) is 4. The van der Waals surface area contributed by atoms with Gasteiger partial charge in [0.05, 0.1) is 11.9 Å². The van der Waals surface area contributed by atoms with E-state index in [9.17, 15) is 9.18 Å². The second kappa shape index (κ2) is 9.50. The Morgan fingerprint density at radius 2 is 1.79 bits per heavy atom. The SMILES string of the molecule is Cc1ccc(OCC(=O)Nc2ccc(NCCc3ccc(F)cc3)cn2)cc1. The first kappa shape index (κ1) is 19.4. The number of amides is 1. The molecule has 1 aromatic heterocycles. The van der Waals surface area contributed by atoms with Gasteiger partial charge in [-0.3, -0.25) is 4.79 Å². The number of anilines is 2. The van der Waals surface area contributed by atoms with Crippen LogP contribution in [0.1, 0.15) is 11.1 Å². The van der Waals surface area contributed by atoms with Gasteiger partial charge in [0.1, 0.15) is 17.4 Å². The van der Waals surface area contributed by atoms with Gasteiger partial charge in [0.2, 0.25) is 0 Å². The average Bonchev–Trinajstić information content (AvgIpc) is 2.70. The summed E-state index contributed by atoms with van der Waals surface area (Å²) in [5.41, 5.74) is 3.03. The van der Waals surface area contributed by atoms with Crippen LogP contribution in [0, 0.1) is 12.7 Å². The number of pyridine rings is 1. The maximum Gasteiger partial charge on any atom is 0.263 e. The molecule has 2 aromatic carbocycles. The smallest absolute Gasteiger partial charge is 0.263 e. The van der Waals surface area contributed by atoms with Gasteiger partial charge in [-0.05, 0) is 55.3 Å². The third kappa shape index (κ3) is 6.09. The number of benzene rings is 2. The third-order valence-electron chi connectivity index (χ3n) is 4.08. The van der Waals surface area contributed by atoms with Crippen molar-refractivity contribution in [2.75, 3.05) is 23.8 Å². The predicted molar refractivity (Wildman–Crippen MR) is 108 cm³/mol. The summed E-state index contributed by atoms with van der Waals surface area (Å²) in [5, 5.41) is 5.95. The quantitative estimate of drug-likeness (QED) is 0.616. The highest BCUT2D eigenvalue weighted by atomic mass is 19.1. The molecule has 144 valence electrons. The summed E-state index contributed by atoms with van der Waals surface area (Å²) >= 11 is 0. The van der Waals surface area contributed by atoms with Gasteiger partial charge in [0.15, 0.2) is 6.61 Å². The van der Waals surface area contributed by atoms with Crippen molar-refractivity contribution in [1.29, 1.82) is 0 Å². The van der Waals surface area contributed by atoms with Crippen LogP contribution >= 0.6 is 0 Å². The Labute approximate surface area is 163 Å². The zero-order valence-corrected chi connectivity index (χ0v) is 15.6. The summed E-state index contributed by atoms with van der Waals surface area (Å²) in [4.78, 5) is 16.2. The van der Waals surface area contributed by atoms with Crippen molar-refractivity contribution >= 4 is 17.4 Å². The molecule has 0 radical (unpaired) electrons. The van der Waals surface area contributed by atoms with E-state index in [1.807, 2.05) is 37.3 Å². The fourth-order valence-electron chi connectivity index (χ4n) is 2.54. The van der Waals surface area contributed by atoms with Crippen molar-refractivity contribution in [1.82, 2.24) is 4.98 Å². The number of aromatic nitrogens is 1. The lowest BCUT2D eigenvalue weighted by Crippen LogP contribution is -2.20. The molecular weight excluding hydrogens is 357 g/mol. The minimum atomic E-state index is -0.273. The molecule has 5 nitrogen and oxygen atoms in total. The maximum absolute atomic E-state index is 12.9. The zero-order chi connectivity index (χ0) is 19.8. The highest BCUT2D eigenvalue weighted by Gasteiger charge is 2.05. The second-order valence-corrected chi connectivity index (χ2v) is 6.39. The lowest BCUT2D eigenvalue weighted by molar-refractivity contribution is -0.118. The molecule has 6 heteroatoms. The third-order valence-corrected chi connectivity index (χ3v) is 4.08. The Hall–Kier alpha value is -3.41. The Morgan fingerprint density at radius 3 is 2.46 bits per heavy atom. The number of halogens is 1. The van der Waals surface area contributed by atoms with E-state index >= 15 is 0 Å². The monoisotopic (exact) mass is 379 g/mol. The van der Waals surface area contributed by atoms with Crippen molar-refractivity contribution in [2.45, 2.75) is 13.3 Å². The molecule has 1 amide bonds. The van der Waals surface area contributed by atoms with Gasteiger partial charge in [-0.1, -0.05) is 29.8 Å². The minimum absolute atomic E-state index is 0.0809. The van der Waals surface area contributed by atoms with Crippen molar-refractivity contribution < 1.29 is 13.9 Å². The van der Waals surface area contributed by atoms with E-state index in [1.54, 1.807) is 24.4 Å². The largest absolute Gasteiger partial charge is 0.484 e. The lowest BCUT2D eigenvalue weighted by Gasteiger charge is -2.09. The summed E-state index contributed by atoms with van der Waals surface area (Å²) in [6.07, 6.45) is 2.43. The van der Waals surface area contributed by atoms with E-state index in [0.717, 1.165) is 23.2 Å². The van der Waals surface area contributed by atoms with Crippen molar-refractivity contribution in [3.8, 4) is 5.75 Å². The van der Waals surface area contributed by atoms with Crippen LogP contribution in [-0.2, 0) is 11.2 Å². The van der Waals surface area contributed by atoms with Gasteiger partial charge >= 0.3 is 0 Å². The first-order valence-corrected chi connectivity index (χ1v) is 9.02. The summed E-state index contributed by atoms with van der Waals surface area (Å²) in [7, 11) is 0. The number of ether oxygens (including phenoxy) is 1. The summed E-state index contributed by atoms with van der Waals surface area (Å²) in [5.74, 6) is 0.601. The summed E-state index contributed by atoms with van der Waals surface area (Å²) < 4.78 is 18.3. The topological polar surface area (TPSA) is 63.2 Å². The first-order chi connectivity index (χ1) is 13.6. The van der Waals surface area contributed by atoms with Crippen LogP contribution in [0.15, 0.2) is 66.9 Å². The minimum Gasteiger partial charge on any atom is -0.484 e. The number of hydrogen-bond donors (Lipinski definition) is 2. The molecule has 3 aromatic rings. The molecule has 0 spiro atoms. The number of nitrogens with one attached hydrogen (secondary N) is 2. The zero-order valence-electron chi connectivity index (χ0n) is 15.6. The molecule has 0 bridgehead atoms. The Kier molecular flexibility index (Phi) is 6.57. The van der Waals surface area contributed by atoms with Crippen molar-refractivity contribution in [2.24, 2.45) is 0 Å². The molecule has 0 fully saturated rings. The van der Waals surface area contributed by atoms with Crippen molar-refractivity contribution in [3.63, 3.8) is 0 Å². The number of nitrogens with zero attached hydrogens (tertiary/aromatic N) is 1. The molecule has 0 aliphatic heterocycles. The van der Waals surface area contributed by atoms with Gasteiger partial charge in [0, 0.05) is 6.54 Å². The second-order valence-electron chi connectivity index (χ2n) is 6.39. The molecular formula is C22H22FN3O2. The fourth-order valence-corrected chi connectivity index (χ4v) is 2.54. The number of carbonyl (C=O) groups is 1. The maximum atomic E-state index is 12.9. The molecule has 0 unspecified atom stereocenters. The molecule has 28 heavy (non-hydrogen) atoms. The Morgan fingerprint density at radius 1 is 1.04 bits per heavy atom. The van der Waals surface area contributed by atoms with E-state index in [2.05, 4.69) is 15.6 Å². The number of rotatable bonds is 8. The van der Waals surface area contributed by atoms with Crippen LogP contribution < -0.4 is 15.4 Å². The Bertz CT molecular complexity index is 895. The van der Waals surface area contributed by atoms with Crippen LogP contribution in [0.5, 0.6) is 5.75 Å². The highest BCUT2D eigenvalue weighted by Crippen LogP contribution is 2.13. The predicted octanol–water partition coefficient (Wildman–Crippen LogP) is 4.20. The van der Waals surface area contributed by atoms with E-state index in [0.29, 0.717) is 18.1 Å². The van der Waals surface area contributed by atoms with E-state index < -0.39 is 0 Å². The fraction of sp³-hybridized carbons (Fsp3) is 0.182. The van der Waals surface area contributed by atoms with Crippen LogP contribution in [0.25, 0.3) is 0 Å². The highest BCUT2D eigenvalue weighted by molar-refractivity contribution is 5.91. The van der Waals surface area contributed by atoms with Gasteiger partial charge in [-0.2, -0.15) is 0 Å². The molecule has 3 rings (SSSR count). The molecule has 0 atom stereocenters. The molecule has 0 saturated carbocycles. The first-order valence-electron chi connectivity index (χ1n) is 9.02. The Balaban J connectivity index is 1.41. The molecule has 2 N–H and O–H groups in total. The molecule has 0 aliphatic rings. The molecule has 0 saturated heterocycles. The average molecular weight is 379 g/mol. The van der Waals surface area contributed by atoms with Gasteiger partial charge in [-0.15, -0.1) is 0 Å². The van der Waals surface area contributed by atoms with Gasteiger partial charge in [0.25, 0.3) is 5.91 Å².